The lowest BCUT2D eigenvalue weighted by Crippen LogP contribution is -2.12. The fraction of sp³-hybridized carbons (Fsp3) is 0.462. The molecule has 96 valence electrons. The number of anilines is 1. The quantitative estimate of drug-likeness (QED) is 0.871. The van der Waals surface area contributed by atoms with Crippen LogP contribution in [0.15, 0.2) is 18.2 Å². The molecule has 5 heteroatoms. The Bertz CT molecular complexity index is 512. The highest BCUT2D eigenvalue weighted by molar-refractivity contribution is 5.54. The summed E-state index contributed by atoms with van der Waals surface area (Å²) < 4.78 is 38.2. The summed E-state index contributed by atoms with van der Waals surface area (Å²) >= 11 is 0. The molecule has 1 saturated carbocycles. The van der Waals surface area contributed by atoms with Gasteiger partial charge in [0.25, 0.3) is 0 Å². The van der Waals surface area contributed by atoms with Gasteiger partial charge in [0.1, 0.15) is 0 Å². The van der Waals surface area contributed by atoms with E-state index < -0.39 is 11.7 Å². The van der Waals surface area contributed by atoms with E-state index in [0.717, 1.165) is 12.5 Å². The lowest BCUT2D eigenvalue weighted by molar-refractivity contribution is -0.137. The summed E-state index contributed by atoms with van der Waals surface area (Å²) in [5, 5.41) is 11.7. The third kappa shape index (κ3) is 2.42. The van der Waals surface area contributed by atoms with E-state index >= 15 is 0 Å². The number of halogens is 3. The van der Waals surface area contributed by atoms with E-state index in [4.69, 9.17) is 5.26 Å². The summed E-state index contributed by atoms with van der Waals surface area (Å²) in [5.74, 6) is 0. The van der Waals surface area contributed by atoms with Gasteiger partial charge in [0.05, 0.1) is 17.2 Å². The Morgan fingerprint density at radius 3 is 2.44 bits per heavy atom. The van der Waals surface area contributed by atoms with Crippen LogP contribution in [0.2, 0.25) is 0 Å². The maximum atomic E-state index is 12.7. The molecular weight excluding hydrogens is 241 g/mol. The van der Waals surface area contributed by atoms with Gasteiger partial charge in [0, 0.05) is 11.7 Å². The molecule has 0 heterocycles. The molecule has 1 aliphatic rings. The SMILES string of the molecule is CC1(C)CC1Nc1ccc(C#N)c(C(F)(F)F)c1. The second kappa shape index (κ2) is 3.91. The van der Waals surface area contributed by atoms with Crippen LogP contribution in [0, 0.1) is 16.7 Å². The van der Waals surface area contributed by atoms with Crippen LogP contribution in [0.25, 0.3) is 0 Å². The fourth-order valence-corrected chi connectivity index (χ4v) is 1.88. The minimum Gasteiger partial charge on any atom is -0.382 e. The normalized spacial score (nSPS) is 21.2. The molecule has 1 aromatic carbocycles. The van der Waals surface area contributed by atoms with Gasteiger partial charge >= 0.3 is 6.18 Å². The van der Waals surface area contributed by atoms with E-state index in [1.54, 1.807) is 6.07 Å². The predicted molar refractivity (Wildman–Crippen MR) is 62.0 cm³/mol. The van der Waals surface area contributed by atoms with Crippen molar-refractivity contribution in [2.24, 2.45) is 5.41 Å². The Labute approximate surface area is 103 Å². The van der Waals surface area contributed by atoms with E-state index in [1.807, 2.05) is 0 Å². The van der Waals surface area contributed by atoms with E-state index in [9.17, 15) is 13.2 Å². The largest absolute Gasteiger partial charge is 0.417 e. The van der Waals surface area contributed by atoms with Gasteiger partial charge in [0.15, 0.2) is 0 Å². The van der Waals surface area contributed by atoms with Crippen molar-refractivity contribution in [2.45, 2.75) is 32.5 Å². The maximum absolute atomic E-state index is 12.7. The molecule has 0 radical (unpaired) electrons. The van der Waals surface area contributed by atoms with E-state index in [-0.39, 0.29) is 17.0 Å². The maximum Gasteiger partial charge on any atom is 0.417 e. The second-order valence-electron chi connectivity index (χ2n) is 5.26. The first-order valence-corrected chi connectivity index (χ1v) is 5.62. The van der Waals surface area contributed by atoms with Crippen LogP contribution >= 0.6 is 0 Å². The van der Waals surface area contributed by atoms with Crippen LogP contribution < -0.4 is 5.32 Å². The molecule has 2 rings (SSSR count). The highest BCUT2D eigenvalue weighted by Crippen LogP contribution is 2.46. The smallest absolute Gasteiger partial charge is 0.382 e. The van der Waals surface area contributed by atoms with E-state index in [0.29, 0.717) is 5.69 Å². The minimum atomic E-state index is -4.50. The van der Waals surface area contributed by atoms with Gasteiger partial charge in [-0.3, -0.25) is 0 Å². The Morgan fingerprint density at radius 2 is 2.00 bits per heavy atom. The first-order chi connectivity index (χ1) is 8.24. The number of hydrogen-bond donors (Lipinski definition) is 1. The number of hydrogen-bond acceptors (Lipinski definition) is 2. The average Bonchev–Trinajstić information content (AvgIpc) is 2.84. The number of alkyl halides is 3. The molecule has 0 spiro atoms. The summed E-state index contributed by atoms with van der Waals surface area (Å²) in [5.41, 5.74) is -0.680. The van der Waals surface area contributed by atoms with Crippen molar-refractivity contribution < 1.29 is 13.2 Å². The zero-order valence-corrected chi connectivity index (χ0v) is 10.1. The first-order valence-electron chi connectivity index (χ1n) is 5.62. The first kappa shape index (κ1) is 12.7. The van der Waals surface area contributed by atoms with Gasteiger partial charge < -0.3 is 5.32 Å². The van der Waals surface area contributed by atoms with Crippen LogP contribution in [0.1, 0.15) is 31.4 Å². The topological polar surface area (TPSA) is 35.8 Å². The summed E-state index contributed by atoms with van der Waals surface area (Å²) in [6.45, 7) is 4.11. The molecule has 2 nitrogen and oxygen atoms in total. The number of nitrogens with one attached hydrogen (secondary N) is 1. The van der Waals surface area contributed by atoms with Crippen LogP contribution in [0.4, 0.5) is 18.9 Å². The number of nitriles is 1. The molecule has 0 bridgehead atoms. The molecule has 0 aromatic heterocycles. The van der Waals surface area contributed by atoms with Crippen molar-refractivity contribution in [3.05, 3.63) is 29.3 Å². The highest BCUT2D eigenvalue weighted by Gasteiger charge is 2.45. The van der Waals surface area contributed by atoms with Crippen LogP contribution in [0.5, 0.6) is 0 Å². The molecule has 0 amide bonds. The third-order valence-corrected chi connectivity index (χ3v) is 3.30. The van der Waals surface area contributed by atoms with E-state index in [2.05, 4.69) is 19.2 Å². The van der Waals surface area contributed by atoms with Gasteiger partial charge in [-0.2, -0.15) is 18.4 Å². The van der Waals surface area contributed by atoms with Gasteiger partial charge in [-0.15, -0.1) is 0 Å². The summed E-state index contributed by atoms with van der Waals surface area (Å²) in [7, 11) is 0. The Hall–Kier alpha value is -1.70. The van der Waals surface area contributed by atoms with Gasteiger partial charge in [-0.1, -0.05) is 13.8 Å². The standard InChI is InChI=1S/C13H13F3N2/c1-12(2)6-11(12)18-9-4-3-8(7-17)10(5-9)13(14,15)16/h3-5,11,18H,6H2,1-2H3. The van der Waals surface area contributed by atoms with Gasteiger partial charge in [-0.05, 0) is 30.0 Å². The molecule has 1 aromatic rings. The van der Waals surface area contributed by atoms with Crippen molar-refractivity contribution in [2.75, 3.05) is 5.32 Å². The van der Waals surface area contributed by atoms with Crippen LogP contribution in [-0.4, -0.2) is 6.04 Å². The average molecular weight is 254 g/mol. The zero-order chi connectivity index (χ0) is 13.6. The molecular formula is C13H13F3N2. The molecule has 0 saturated heterocycles. The molecule has 1 atom stereocenters. The molecule has 0 aliphatic heterocycles. The predicted octanol–water partition coefficient (Wildman–Crippen LogP) is 3.79. The minimum absolute atomic E-state index is 0.131. The van der Waals surface area contributed by atoms with Crippen LogP contribution in [-0.2, 0) is 6.18 Å². The molecule has 1 unspecified atom stereocenters. The number of nitrogens with zero attached hydrogens (tertiary/aromatic N) is 1. The Morgan fingerprint density at radius 1 is 1.39 bits per heavy atom. The summed E-state index contributed by atoms with van der Waals surface area (Å²) in [6.07, 6.45) is -3.56. The second-order valence-corrected chi connectivity index (χ2v) is 5.26. The monoisotopic (exact) mass is 254 g/mol. The van der Waals surface area contributed by atoms with Crippen molar-refractivity contribution in [1.29, 1.82) is 5.26 Å². The highest BCUT2D eigenvalue weighted by atomic mass is 19.4. The third-order valence-electron chi connectivity index (χ3n) is 3.30. The van der Waals surface area contributed by atoms with Crippen molar-refractivity contribution in [3.8, 4) is 6.07 Å². The lowest BCUT2D eigenvalue weighted by Gasteiger charge is -2.13. The summed E-state index contributed by atoms with van der Waals surface area (Å²) in [4.78, 5) is 0. The lowest BCUT2D eigenvalue weighted by atomic mass is 10.1. The molecule has 1 fully saturated rings. The molecule has 18 heavy (non-hydrogen) atoms. The Kier molecular flexibility index (Phi) is 2.77. The molecule has 1 aliphatic carbocycles. The summed E-state index contributed by atoms with van der Waals surface area (Å²) in [6, 6.07) is 5.50. The van der Waals surface area contributed by atoms with Crippen molar-refractivity contribution >= 4 is 5.69 Å². The van der Waals surface area contributed by atoms with Gasteiger partial charge in [-0.25, -0.2) is 0 Å². The van der Waals surface area contributed by atoms with E-state index in [1.165, 1.54) is 12.1 Å². The number of benzene rings is 1. The van der Waals surface area contributed by atoms with Crippen LogP contribution in [0.3, 0.4) is 0 Å². The van der Waals surface area contributed by atoms with Crippen molar-refractivity contribution in [3.63, 3.8) is 0 Å². The van der Waals surface area contributed by atoms with Gasteiger partial charge in [0.2, 0.25) is 0 Å². The Balaban J connectivity index is 2.27. The fourth-order valence-electron chi connectivity index (χ4n) is 1.88. The van der Waals surface area contributed by atoms with Crippen molar-refractivity contribution in [1.82, 2.24) is 0 Å². The number of rotatable bonds is 2. The molecule has 1 N–H and O–H groups in total. The zero-order valence-electron chi connectivity index (χ0n) is 10.1.